The van der Waals surface area contributed by atoms with E-state index in [2.05, 4.69) is 12.2 Å². The molecule has 1 saturated heterocycles. The molecular formula is C27H35NO7S. The zero-order valence-corrected chi connectivity index (χ0v) is 21.3. The molecule has 0 radical (unpaired) electrons. The fourth-order valence-corrected chi connectivity index (χ4v) is 4.97. The van der Waals surface area contributed by atoms with Crippen molar-refractivity contribution >= 4 is 23.6 Å². The monoisotopic (exact) mass is 517 g/mol. The zero-order valence-electron chi connectivity index (χ0n) is 20.5. The van der Waals surface area contributed by atoms with Gasteiger partial charge in [-0.05, 0) is 23.1 Å². The number of hydrogen-bond donors (Lipinski definition) is 4. The highest BCUT2D eigenvalue weighted by Crippen LogP contribution is 2.42. The Kier molecular flexibility index (Phi) is 11.2. The molecule has 4 atom stereocenters. The van der Waals surface area contributed by atoms with Gasteiger partial charge in [-0.3, -0.25) is 9.59 Å². The lowest BCUT2D eigenvalue weighted by Gasteiger charge is -2.41. The van der Waals surface area contributed by atoms with Crippen LogP contribution in [0.15, 0.2) is 48.5 Å². The number of carboxylic acid groups (broad SMARTS) is 1. The molecule has 36 heavy (non-hydrogen) atoms. The van der Waals surface area contributed by atoms with Gasteiger partial charge in [-0.1, -0.05) is 55.5 Å². The molecule has 1 aliphatic rings. The van der Waals surface area contributed by atoms with Crippen LogP contribution in [-0.2, 0) is 32.2 Å². The van der Waals surface area contributed by atoms with E-state index < -0.39 is 12.3 Å². The van der Waals surface area contributed by atoms with Gasteiger partial charge in [0.25, 0.3) is 0 Å². The Balaban J connectivity index is 1.66. The number of benzene rings is 2. The number of carbonyl (C=O) groups is 2. The number of carboxylic acids is 1. The van der Waals surface area contributed by atoms with Crippen molar-refractivity contribution < 1.29 is 34.4 Å². The largest absolute Gasteiger partial charge is 0.481 e. The molecule has 2 aromatic rings. The van der Waals surface area contributed by atoms with E-state index in [4.69, 9.17) is 14.6 Å². The van der Waals surface area contributed by atoms with Crippen molar-refractivity contribution in [1.29, 1.82) is 0 Å². The van der Waals surface area contributed by atoms with Crippen molar-refractivity contribution in [2.75, 3.05) is 18.1 Å². The molecule has 9 heteroatoms. The van der Waals surface area contributed by atoms with Crippen molar-refractivity contribution in [2.45, 2.75) is 57.8 Å². The van der Waals surface area contributed by atoms with Crippen molar-refractivity contribution in [3.63, 3.8) is 0 Å². The minimum Gasteiger partial charge on any atom is -0.481 e. The summed E-state index contributed by atoms with van der Waals surface area (Å²) in [6.45, 7) is 2.57. The molecule has 196 valence electrons. The van der Waals surface area contributed by atoms with Crippen molar-refractivity contribution in [3.8, 4) is 0 Å². The van der Waals surface area contributed by atoms with E-state index in [-0.39, 0.29) is 50.1 Å². The summed E-state index contributed by atoms with van der Waals surface area (Å²) in [5.74, 6) is 0.386. The molecule has 2 aromatic carbocycles. The normalized spacial score (nSPS) is 21.8. The Morgan fingerprint density at radius 1 is 0.944 bits per heavy atom. The first-order valence-electron chi connectivity index (χ1n) is 12.2. The molecule has 8 nitrogen and oxygen atoms in total. The molecule has 1 amide bonds. The van der Waals surface area contributed by atoms with Gasteiger partial charge in [0, 0.05) is 42.4 Å². The van der Waals surface area contributed by atoms with Gasteiger partial charge in [0.15, 0.2) is 6.29 Å². The summed E-state index contributed by atoms with van der Waals surface area (Å²) in [4.78, 5) is 22.5. The Morgan fingerprint density at radius 2 is 1.61 bits per heavy atom. The van der Waals surface area contributed by atoms with E-state index in [9.17, 15) is 19.8 Å². The first-order valence-corrected chi connectivity index (χ1v) is 13.3. The molecule has 0 saturated carbocycles. The molecule has 4 N–H and O–H groups in total. The third-order valence-corrected chi connectivity index (χ3v) is 7.21. The van der Waals surface area contributed by atoms with E-state index in [0.717, 1.165) is 28.0 Å². The van der Waals surface area contributed by atoms with Gasteiger partial charge in [0.05, 0.1) is 25.4 Å². The van der Waals surface area contributed by atoms with Gasteiger partial charge >= 0.3 is 5.97 Å². The number of aliphatic hydroxyl groups excluding tert-OH is 2. The van der Waals surface area contributed by atoms with E-state index in [1.54, 1.807) is 11.8 Å². The van der Waals surface area contributed by atoms with Gasteiger partial charge in [-0.2, -0.15) is 11.8 Å². The van der Waals surface area contributed by atoms with E-state index in [0.29, 0.717) is 18.7 Å². The summed E-state index contributed by atoms with van der Waals surface area (Å²) in [5, 5.41) is 30.1. The smallest absolute Gasteiger partial charge is 0.303 e. The lowest BCUT2D eigenvalue weighted by atomic mass is 9.91. The zero-order chi connectivity index (χ0) is 25.9. The number of carbonyl (C=O) groups excluding carboxylic acids is 1. The molecule has 0 bridgehead atoms. The average molecular weight is 518 g/mol. The Hall–Kier alpha value is -2.43. The Bertz CT molecular complexity index is 967. The highest BCUT2D eigenvalue weighted by molar-refractivity contribution is 7.99. The molecule has 0 spiro atoms. The number of ether oxygens (including phenoxy) is 2. The molecule has 0 unspecified atom stereocenters. The second-order valence-corrected chi connectivity index (χ2v) is 10.0. The van der Waals surface area contributed by atoms with Crippen LogP contribution >= 0.6 is 11.8 Å². The van der Waals surface area contributed by atoms with Crippen LogP contribution in [0.2, 0.25) is 0 Å². The maximum Gasteiger partial charge on any atom is 0.303 e. The third kappa shape index (κ3) is 8.31. The quantitative estimate of drug-likeness (QED) is 0.297. The standard InChI is InChI=1S/C27H35NO7S/c1-18-23(17-36-14-13-29)34-27(35-26(18)21-9-7-20(16-30)8-10-21)22-11-5-19(6-12-22)15-28-24(31)3-2-4-25(32)33/h5-12,18,23,26-27,29-30H,2-4,13-17H2,1H3,(H,28,31)(H,32,33)/t18-,23+,26+,27+/m0/s1. The lowest BCUT2D eigenvalue weighted by Crippen LogP contribution is -2.38. The number of thioether (sulfide) groups is 1. The van der Waals surface area contributed by atoms with Crippen LogP contribution in [0.5, 0.6) is 0 Å². The minimum atomic E-state index is -0.904. The molecule has 0 aromatic heterocycles. The number of rotatable bonds is 13. The maximum atomic E-state index is 11.9. The Morgan fingerprint density at radius 3 is 2.25 bits per heavy atom. The summed E-state index contributed by atoms with van der Waals surface area (Å²) < 4.78 is 12.8. The summed E-state index contributed by atoms with van der Waals surface area (Å²) in [7, 11) is 0. The third-order valence-electron chi connectivity index (χ3n) is 6.18. The van der Waals surface area contributed by atoms with Crippen LogP contribution in [0.25, 0.3) is 0 Å². The number of amides is 1. The predicted molar refractivity (Wildman–Crippen MR) is 137 cm³/mol. The molecule has 1 heterocycles. The summed E-state index contributed by atoms with van der Waals surface area (Å²) in [6, 6.07) is 15.4. The molecule has 0 aliphatic carbocycles. The first-order chi connectivity index (χ1) is 17.4. The number of nitrogens with one attached hydrogen (secondary N) is 1. The van der Waals surface area contributed by atoms with Crippen molar-refractivity contribution in [2.24, 2.45) is 5.92 Å². The minimum absolute atomic E-state index is 0.0113. The van der Waals surface area contributed by atoms with E-state index in [1.807, 2.05) is 48.5 Å². The maximum absolute atomic E-state index is 11.9. The molecule has 1 aliphatic heterocycles. The van der Waals surface area contributed by atoms with Gasteiger partial charge in [0.1, 0.15) is 0 Å². The van der Waals surface area contributed by atoms with Crippen molar-refractivity contribution in [1.82, 2.24) is 5.32 Å². The first kappa shape index (κ1) is 28.1. The van der Waals surface area contributed by atoms with E-state index >= 15 is 0 Å². The fourth-order valence-electron chi connectivity index (χ4n) is 4.06. The van der Waals surface area contributed by atoms with Crippen LogP contribution in [0.3, 0.4) is 0 Å². The SMILES string of the molecule is C[C@H]1[C@@H](CSCCO)O[C@@H](c2ccc(CNC(=O)CCCC(=O)O)cc2)O[C@H]1c1ccc(CO)cc1. The average Bonchev–Trinajstić information content (AvgIpc) is 2.89. The second kappa shape index (κ2) is 14.3. The van der Waals surface area contributed by atoms with Crippen molar-refractivity contribution in [3.05, 3.63) is 70.8 Å². The number of aliphatic hydroxyl groups is 2. The van der Waals surface area contributed by atoms with Gasteiger partial charge in [0.2, 0.25) is 5.91 Å². The second-order valence-electron chi connectivity index (χ2n) is 8.89. The highest BCUT2D eigenvalue weighted by Gasteiger charge is 2.38. The topological polar surface area (TPSA) is 125 Å². The molecule has 3 rings (SSSR count). The van der Waals surface area contributed by atoms with E-state index in [1.165, 1.54) is 0 Å². The lowest BCUT2D eigenvalue weighted by molar-refractivity contribution is -0.268. The highest BCUT2D eigenvalue weighted by atomic mass is 32.2. The van der Waals surface area contributed by atoms with Gasteiger partial charge in [-0.25, -0.2) is 0 Å². The summed E-state index contributed by atoms with van der Waals surface area (Å²) in [6.07, 6.45) is -0.357. The Labute approximate surface area is 216 Å². The molecular weight excluding hydrogens is 482 g/mol. The summed E-state index contributed by atoms with van der Waals surface area (Å²) in [5.41, 5.74) is 3.65. The number of aliphatic carboxylic acids is 1. The fraction of sp³-hybridized carbons (Fsp3) is 0.481. The van der Waals surface area contributed by atoms with Crippen LogP contribution in [-0.4, -0.2) is 51.4 Å². The van der Waals surface area contributed by atoms with Crippen LogP contribution in [0.4, 0.5) is 0 Å². The molecule has 1 fully saturated rings. The number of hydrogen-bond acceptors (Lipinski definition) is 7. The predicted octanol–water partition coefficient (Wildman–Crippen LogP) is 3.57. The van der Waals surface area contributed by atoms with Crippen LogP contribution in [0.1, 0.15) is 60.8 Å². The summed E-state index contributed by atoms with van der Waals surface area (Å²) >= 11 is 1.65. The van der Waals surface area contributed by atoms with Crippen LogP contribution < -0.4 is 5.32 Å². The van der Waals surface area contributed by atoms with Gasteiger partial charge < -0.3 is 30.1 Å². The van der Waals surface area contributed by atoms with Gasteiger partial charge in [-0.15, -0.1) is 0 Å². The van der Waals surface area contributed by atoms with Crippen LogP contribution in [0, 0.1) is 5.92 Å².